The van der Waals surface area contributed by atoms with Crippen molar-refractivity contribution in [2.45, 2.75) is 44.6 Å². The van der Waals surface area contributed by atoms with E-state index in [0.717, 1.165) is 15.4 Å². The Kier molecular flexibility index (Phi) is 10.5. The van der Waals surface area contributed by atoms with Crippen LogP contribution in [0.3, 0.4) is 0 Å². The number of nitrogens with one attached hydrogen (secondary N) is 1. The lowest BCUT2D eigenvalue weighted by Gasteiger charge is -2.33. The molecule has 0 fully saturated rings. The summed E-state index contributed by atoms with van der Waals surface area (Å²) in [6.45, 7) is 5.80. The number of likely N-dealkylation sites (N-methyl/N-ethyl adjacent to an activating group) is 1. The van der Waals surface area contributed by atoms with Crippen LogP contribution in [0.1, 0.15) is 31.4 Å². The second-order valence-corrected chi connectivity index (χ2v) is 11.0. The topological polar surface area (TPSA) is 96.0 Å². The van der Waals surface area contributed by atoms with Gasteiger partial charge in [-0.2, -0.15) is 0 Å². The van der Waals surface area contributed by atoms with Crippen LogP contribution in [0.25, 0.3) is 0 Å². The number of methoxy groups -OCH3 is 1. The maximum absolute atomic E-state index is 13.9. The second-order valence-electron chi connectivity index (χ2n) is 9.16. The number of rotatable bonds is 13. The molecule has 1 N–H and O–H groups in total. The summed E-state index contributed by atoms with van der Waals surface area (Å²) in [6, 6.07) is 21.9. The first-order valence-electron chi connectivity index (χ1n) is 13.1. The Morgan fingerprint density at radius 2 is 1.56 bits per heavy atom. The van der Waals surface area contributed by atoms with Crippen molar-refractivity contribution < 1.29 is 22.7 Å². The number of aryl methyl sites for hydroxylation is 1. The van der Waals surface area contributed by atoms with Crippen molar-refractivity contribution in [2.24, 2.45) is 0 Å². The number of hydrogen-bond donors (Lipinski definition) is 1. The molecule has 3 aromatic rings. The predicted octanol–water partition coefficient (Wildman–Crippen LogP) is 4.18. The summed E-state index contributed by atoms with van der Waals surface area (Å²) in [7, 11) is -2.62. The number of hydrogen-bond acceptors (Lipinski definition) is 5. The highest BCUT2D eigenvalue weighted by atomic mass is 32.2. The molecule has 3 rings (SSSR count). The van der Waals surface area contributed by atoms with Gasteiger partial charge < -0.3 is 15.0 Å². The van der Waals surface area contributed by atoms with Crippen molar-refractivity contribution in [3.63, 3.8) is 0 Å². The van der Waals surface area contributed by atoms with Crippen LogP contribution in [0, 0.1) is 6.92 Å². The molecule has 0 heterocycles. The van der Waals surface area contributed by atoms with E-state index in [9.17, 15) is 18.0 Å². The maximum Gasteiger partial charge on any atom is 0.264 e. The molecule has 8 nitrogen and oxygen atoms in total. The molecule has 1 atom stereocenters. The molecule has 0 aliphatic carbocycles. The molecule has 0 saturated carbocycles. The van der Waals surface area contributed by atoms with Crippen molar-refractivity contribution in [3.8, 4) is 5.75 Å². The lowest BCUT2D eigenvalue weighted by atomic mass is 10.1. The summed E-state index contributed by atoms with van der Waals surface area (Å²) in [4.78, 5) is 28.4. The smallest absolute Gasteiger partial charge is 0.264 e. The lowest BCUT2D eigenvalue weighted by molar-refractivity contribution is -0.139. The maximum atomic E-state index is 13.9. The fraction of sp³-hybridized carbons (Fsp3) is 0.333. The number of carbonyl (C=O) groups is 2. The van der Waals surface area contributed by atoms with E-state index in [1.54, 1.807) is 36.4 Å². The zero-order chi connectivity index (χ0) is 28.4. The van der Waals surface area contributed by atoms with E-state index in [2.05, 4.69) is 5.32 Å². The minimum absolute atomic E-state index is 0.0308. The Balaban J connectivity index is 2.00. The normalized spacial score (nSPS) is 11.9. The van der Waals surface area contributed by atoms with E-state index in [4.69, 9.17) is 4.74 Å². The molecule has 0 radical (unpaired) electrons. The van der Waals surface area contributed by atoms with Gasteiger partial charge >= 0.3 is 0 Å². The third-order valence-corrected chi connectivity index (χ3v) is 8.26. The van der Waals surface area contributed by atoms with Gasteiger partial charge in [-0.3, -0.25) is 13.9 Å². The van der Waals surface area contributed by atoms with Crippen LogP contribution in [-0.4, -0.2) is 57.9 Å². The SMILES string of the molecule is CCNC(=O)C(CC)N(CCc1ccccc1)C(=O)CN(c1ccc(C)cc1)S(=O)(=O)c1ccc(OC)cc1. The summed E-state index contributed by atoms with van der Waals surface area (Å²) in [6.07, 6.45) is 0.917. The highest BCUT2D eigenvalue weighted by molar-refractivity contribution is 7.92. The van der Waals surface area contributed by atoms with Crippen molar-refractivity contribution >= 4 is 27.5 Å². The van der Waals surface area contributed by atoms with Gasteiger partial charge in [0.1, 0.15) is 18.3 Å². The minimum Gasteiger partial charge on any atom is -0.497 e. The molecule has 3 aromatic carbocycles. The van der Waals surface area contributed by atoms with Crippen LogP contribution in [-0.2, 0) is 26.0 Å². The molecule has 0 aromatic heterocycles. The molecule has 9 heteroatoms. The first-order valence-corrected chi connectivity index (χ1v) is 14.5. The molecular weight excluding hydrogens is 514 g/mol. The van der Waals surface area contributed by atoms with Gasteiger partial charge in [0, 0.05) is 13.1 Å². The molecule has 1 unspecified atom stereocenters. The van der Waals surface area contributed by atoms with Gasteiger partial charge in [-0.1, -0.05) is 55.0 Å². The predicted molar refractivity (Wildman–Crippen MR) is 153 cm³/mol. The second kappa shape index (κ2) is 13.8. The van der Waals surface area contributed by atoms with Gasteiger partial charge in [-0.05, 0) is 68.7 Å². The first kappa shape index (κ1) is 29.7. The molecule has 0 spiro atoms. The Morgan fingerprint density at radius 3 is 2.13 bits per heavy atom. The third-order valence-electron chi connectivity index (χ3n) is 6.47. The van der Waals surface area contributed by atoms with Gasteiger partial charge in [0.2, 0.25) is 11.8 Å². The van der Waals surface area contributed by atoms with E-state index in [1.807, 2.05) is 51.1 Å². The van der Waals surface area contributed by atoms with Crippen molar-refractivity contribution in [1.29, 1.82) is 0 Å². The van der Waals surface area contributed by atoms with E-state index in [-0.39, 0.29) is 17.3 Å². The molecule has 208 valence electrons. The zero-order valence-electron chi connectivity index (χ0n) is 23.0. The number of nitrogens with zero attached hydrogens (tertiary/aromatic N) is 2. The van der Waals surface area contributed by atoms with Crippen LogP contribution in [0.4, 0.5) is 5.69 Å². The quantitative estimate of drug-likeness (QED) is 0.344. The van der Waals surface area contributed by atoms with Crippen LogP contribution >= 0.6 is 0 Å². The summed E-state index contributed by atoms with van der Waals surface area (Å²) < 4.78 is 34.0. The van der Waals surface area contributed by atoms with Crippen LogP contribution in [0.2, 0.25) is 0 Å². The number of anilines is 1. The largest absolute Gasteiger partial charge is 0.497 e. The Morgan fingerprint density at radius 1 is 0.923 bits per heavy atom. The monoisotopic (exact) mass is 551 g/mol. The van der Waals surface area contributed by atoms with E-state index < -0.39 is 28.5 Å². The van der Waals surface area contributed by atoms with Crippen LogP contribution in [0.5, 0.6) is 5.75 Å². The molecular formula is C30H37N3O5S. The van der Waals surface area contributed by atoms with Gasteiger partial charge in [-0.25, -0.2) is 8.42 Å². The van der Waals surface area contributed by atoms with Crippen molar-refractivity contribution in [2.75, 3.05) is 31.0 Å². The Hall–Kier alpha value is -3.85. The highest BCUT2D eigenvalue weighted by Crippen LogP contribution is 2.26. The van der Waals surface area contributed by atoms with Crippen molar-refractivity contribution in [1.82, 2.24) is 10.2 Å². The van der Waals surface area contributed by atoms with E-state index >= 15 is 0 Å². The van der Waals surface area contributed by atoms with Gasteiger partial charge in [0.25, 0.3) is 10.0 Å². The first-order chi connectivity index (χ1) is 18.7. The number of ether oxygens (including phenoxy) is 1. The zero-order valence-corrected chi connectivity index (χ0v) is 23.8. The van der Waals surface area contributed by atoms with Crippen LogP contribution in [0.15, 0.2) is 83.8 Å². The molecule has 0 bridgehead atoms. The lowest BCUT2D eigenvalue weighted by Crippen LogP contribution is -2.53. The molecule has 39 heavy (non-hydrogen) atoms. The summed E-state index contributed by atoms with van der Waals surface area (Å²) >= 11 is 0. The molecule has 0 aliphatic heterocycles. The summed E-state index contributed by atoms with van der Waals surface area (Å²) in [5.41, 5.74) is 2.33. The standard InChI is InChI=1S/C30H37N3O5S/c1-5-28(30(35)31-6-2)32(21-20-24-10-8-7-9-11-24)29(34)22-33(25-14-12-23(3)13-15-25)39(36,37)27-18-16-26(38-4)17-19-27/h7-19,28H,5-6,20-22H2,1-4H3,(H,31,35). The minimum atomic E-state index is -4.12. The molecule has 0 saturated heterocycles. The van der Waals surface area contributed by atoms with E-state index in [0.29, 0.717) is 30.8 Å². The average molecular weight is 552 g/mol. The Labute approximate surface area is 231 Å². The van der Waals surface area contributed by atoms with Gasteiger partial charge in [-0.15, -0.1) is 0 Å². The summed E-state index contributed by atoms with van der Waals surface area (Å²) in [5.74, 6) is -0.199. The number of carbonyl (C=O) groups excluding carboxylic acids is 2. The summed E-state index contributed by atoms with van der Waals surface area (Å²) in [5, 5.41) is 2.81. The fourth-order valence-electron chi connectivity index (χ4n) is 4.30. The number of benzene rings is 3. The Bertz CT molecular complexity index is 1330. The van der Waals surface area contributed by atoms with Gasteiger partial charge in [0.15, 0.2) is 0 Å². The number of amides is 2. The fourth-order valence-corrected chi connectivity index (χ4v) is 5.72. The molecule has 0 aliphatic rings. The number of sulfonamides is 1. The highest BCUT2D eigenvalue weighted by Gasteiger charge is 2.33. The average Bonchev–Trinajstić information content (AvgIpc) is 2.95. The van der Waals surface area contributed by atoms with Crippen LogP contribution < -0.4 is 14.4 Å². The van der Waals surface area contributed by atoms with E-state index in [1.165, 1.54) is 24.1 Å². The third kappa shape index (κ3) is 7.60. The van der Waals surface area contributed by atoms with Crippen molar-refractivity contribution in [3.05, 3.63) is 90.0 Å². The van der Waals surface area contributed by atoms with Gasteiger partial charge in [0.05, 0.1) is 17.7 Å². The molecule has 2 amide bonds.